The third-order valence-corrected chi connectivity index (χ3v) is 3.75. The maximum Gasteiger partial charge on any atom is 0.335 e. The van der Waals surface area contributed by atoms with E-state index in [2.05, 4.69) is 10.2 Å². The van der Waals surface area contributed by atoms with Crippen molar-refractivity contribution in [3.05, 3.63) is 83.9 Å². The van der Waals surface area contributed by atoms with Crippen molar-refractivity contribution in [3.63, 3.8) is 0 Å². The summed E-state index contributed by atoms with van der Waals surface area (Å²) in [7, 11) is 0. The lowest BCUT2D eigenvalue weighted by molar-refractivity contribution is 0.0696. The Bertz CT molecular complexity index is 981. The van der Waals surface area contributed by atoms with Crippen LogP contribution < -0.4 is 5.73 Å². The van der Waals surface area contributed by atoms with E-state index < -0.39 is 11.9 Å². The first kappa shape index (κ1) is 17.0. The van der Waals surface area contributed by atoms with Crippen LogP contribution in [0.15, 0.2) is 83.0 Å². The summed E-state index contributed by atoms with van der Waals surface area (Å²) in [6.45, 7) is 0. The molecule has 0 fully saturated rings. The van der Waals surface area contributed by atoms with Gasteiger partial charge in [0.05, 0.1) is 16.9 Å². The van der Waals surface area contributed by atoms with Crippen molar-refractivity contribution in [1.29, 1.82) is 0 Å². The number of rotatable bonds is 5. The number of carboxylic acids is 1. The van der Waals surface area contributed by atoms with Gasteiger partial charge in [-0.15, -0.1) is 0 Å². The van der Waals surface area contributed by atoms with Crippen molar-refractivity contribution in [2.75, 3.05) is 0 Å². The van der Waals surface area contributed by atoms with Gasteiger partial charge in [0, 0.05) is 5.56 Å². The van der Waals surface area contributed by atoms with E-state index >= 15 is 0 Å². The van der Waals surface area contributed by atoms with E-state index in [9.17, 15) is 9.59 Å². The van der Waals surface area contributed by atoms with Gasteiger partial charge >= 0.3 is 5.97 Å². The van der Waals surface area contributed by atoms with Crippen molar-refractivity contribution < 1.29 is 14.7 Å². The minimum absolute atomic E-state index is 0.161. The van der Waals surface area contributed by atoms with Gasteiger partial charge in [-0.3, -0.25) is 4.79 Å². The van der Waals surface area contributed by atoms with Crippen molar-refractivity contribution in [3.8, 4) is 11.1 Å². The number of amides is 1. The predicted octanol–water partition coefficient (Wildman–Crippen LogP) is 4.57. The minimum Gasteiger partial charge on any atom is -0.478 e. The van der Waals surface area contributed by atoms with Crippen LogP contribution in [0.5, 0.6) is 0 Å². The van der Waals surface area contributed by atoms with Crippen LogP contribution in [-0.4, -0.2) is 17.0 Å². The van der Waals surface area contributed by atoms with Gasteiger partial charge in [0.15, 0.2) is 0 Å². The fourth-order valence-electron chi connectivity index (χ4n) is 2.45. The van der Waals surface area contributed by atoms with Gasteiger partial charge < -0.3 is 10.8 Å². The average Bonchev–Trinajstić information content (AvgIpc) is 2.67. The number of nitrogens with zero attached hydrogens (tertiary/aromatic N) is 2. The fraction of sp³-hybridized carbons (Fsp3) is 0. The van der Waals surface area contributed by atoms with E-state index in [0.29, 0.717) is 28.1 Å². The Kier molecular flexibility index (Phi) is 4.85. The van der Waals surface area contributed by atoms with Crippen molar-refractivity contribution >= 4 is 23.3 Å². The lowest BCUT2D eigenvalue weighted by atomic mass is 9.97. The van der Waals surface area contributed by atoms with E-state index in [1.165, 1.54) is 12.1 Å². The average molecular weight is 345 g/mol. The fourth-order valence-corrected chi connectivity index (χ4v) is 2.45. The molecule has 3 N–H and O–H groups in total. The van der Waals surface area contributed by atoms with Gasteiger partial charge in [-0.1, -0.05) is 30.3 Å². The largest absolute Gasteiger partial charge is 0.478 e. The summed E-state index contributed by atoms with van der Waals surface area (Å²) in [6, 6.07) is 20.4. The highest BCUT2D eigenvalue weighted by Crippen LogP contribution is 2.29. The molecule has 3 aromatic carbocycles. The van der Waals surface area contributed by atoms with E-state index in [-0.39, 0.29) is 5.56 Å². The first-order valence-corrected chi connectivity index (χ1v) is 7.79. The molecular weight excluding hydrogens is 330 g/mol. The molecule has 0 aliphatic heterocycles. The van der Waals surface area contributed by atoms with Crippen molar-refractivity contribution in [2.24, 2.45) is 16.0 Å². The number of carbonyl (C=O) groups excluding carboxylic acids is 1. The molecule has 1 amide bonds. The van der Waals surface area contributed by atoms with Crippen LogP contribution in [0.4, 0.5) is 11.4 Å². The molecule has 6 nitrogen and oxygen atoms in total. The van der Waals surface area contributed by atoms with E-state index in [4.69, 9.17) is 10.8 Å². The molecule has 0 aliphatic carbocycles. The second-order valence-corrected chi connectivity index (χ2v) is 5.51. The Labute approximate surface area is 149 Å². The third kappa shape index (κ3) is 3.81. The number of benzene rings is 3. The van der Waals surface area contributed by atoms with Gasteiger partial charge in [0.25, 0.3) is 0 Å². The molecule has 0 heterocycles. The summed E-state index contributed by atoms with van der Waals surface area (Å²) in [6.07, 6.45) is 0. The Morgan fingerprint density at radius 3 is 2.08 bits per heavy atom. The zero-order valence-electron chi connectivity index (χ0n) is 13.7. The SMILES string of the molecule is NC(=O)c1ccc(N=Nc2ccccc2)cc1-c1ccc(C(=O)O)cc1. The maximum absolute atomic E-state index is 11.7. The highest BCUT2D eigenvalue weighted by atomic mass is 16.4. The van der Waals surface area contributed by atoms with Gasteiger partial charge in [-0.2, -0.15) is 10.2 Å². The lowest BCUT2D eigenvalue weighted by Crippen LogP contribution is -2.12. The Morgan fingerprint density at radius 2 is 1.46 bits per heavy atom. The molecule has 3 rings (SSSR count). The topological polar surface area (TPSA) is 105 Å². The molecule has 0 unspecified atom stereocenters. The monoisotopic (exact) mass is 345 g/mol. The van der Waals surface area contributed by atoms with E-state index in [1.807, 2.05) is 30.3 Å². The van der Waals surface area contributed by atoms with Crippen molar-refractivity contribution in [2.45, 2.75) is 0 Å². The number of nitrogens with two attached hydrogens (primary N) is 1. The number of hydrogen-bond acceptors (Lipinski definition) is 4. The highest BCUT2D eigenvalue weighted by molar-refractivity contribution is 6.00. The number of carbonyl (C=O) groups is 2. The smallest absolute Gasteiger partial charge is 0.335 e. The second kappa shape index (κ2) is 7.40. The van der Waals surface area contributed by atoms with Gasteiger partial charge in [0.2, 0.25) is 5.91 Å². The molecule has 0 saturated carbocycles. The van der Waals surface area contributed by atoms with Crippen LogP contribution in [0.25, 0.3) is 11.1 Å². The minimum atomic E-state index is -1.02. The normalized spacial score (nSPS) is 10.8. The van der Waals surface area contributed by atoms with E-state index in [0.717, 1.165) is 0 Å². The molecule has 0 saturated heterocycles. The molecule has 128 valence electrons. The number of carboxylic acid groups (broad SMARTS) is 1. The van der Waals surface area contributed by atoms with Gasteiger partial charge in [-0.25, -0.2) is 4.79 Å². The molecule has 26 heavy (non-hydrogen) atoms. The molecule has 0 bridgehead atoms. The summed E-state index contributed by atoms with van der Waals surface area (Å²) < 4.78 is 0. The summed E-state index contributed by atoms with van der Waals surface area (Å²) in [5.74, 6) is -1.59. The molecule has 0 aromatic heterocycles. The molecule has 3 aromatic rings. The van der Waals surface area contributed by atoms with Crippen LogP contribution in [0.3, 0.4) is 0 Å². The third-order valence-electron chi connectivity index (χ3n) is 3.75. The van der Waals surface area contributed by atoms with Gasteiger partial charge in [0.1, 0.15) is 0 Å². The second-order valence-electron chi connectivity index (χ2n) is 5.51. The van der Waals surface area contributed by atoms with Crippen LogP contribution in [0, 0.1) is 0 Å². The molecular formula is C20H15N3O3. The summed E-state index contributed by atoms with van der Waals surface area (Å²) in [4.78, 5) is 22.7. The van der Waals surface area contributed by atoms with Crippen LogP contribution in [-0.2, 0) is 0 Å². The number of azo groups is 1. The first-order valence-electron chi connectivity index (χ1n) is 7.79. The maximum atomic E-state index is 11.7. The molecule has 0 aliphatic rings. The van der Waals surface area contributed by atoms with Crippen molar-refractivity contribution in [1.82, 2.24) is 0 Å². The zero-order valence-corrected chi connectivity index (χ0v) is 13.7. The lowest BCUT2D eigenvalue weighted by Gasteiger charge is -2.08. The van der Waals surface area contributed by atoms with Crippen LogP contribution >= 0.6 is 0 Å². The Morgan fingerprint density at radius 1 is 0.808 bits per heavy atom. The molecule has 6 heteroatoms. The number of primary amides is 1. The van der Waals surface area contributed by atoms with Crippen LogP contribution in [0.2, 0.25) is 0 Å². The summed E-state index contributed by atoms with van der Waals surface area (Å²) >= 11 is 0. The van der Waals surface area contributed by atoms with Crippen LogP contribution in [0.1, 0.15) is 20.7 Å². The van der Waals surface area contributed by atoms with E-state index in [1.54, 1.807) is 30.3 Å². The highest BCUT2D eigenvalue weighted by Gasteiger charge is 2.12. The predicted molar refractivity (Wildman–Crippen MR) is 98.0 cm³/mol. The standard InChI is InChI=1S/C20H15N3O3/c21-19(24)17-11-10-16(23-22-15-4-2-1-3-5-15)12-18(17)13-6-8-14(9-7-13)20(25)26/h1-12H,(H2,21,24)(H,25,26). The molecule has 0 radical (unpaired) electrons. The zero-order chi connectivity index (χ0) is 18.5. The summed E-state index contributed by atoms with van der Waals surface area (Å²) in [5, 5.41) is 17.4. The number of hydrogen-bond donors (Lipinski definition) is 2. The summed E-state index contributed by atoms with van der Waals surface area (Å²) in [5.41, 5.74) is 8.44. The Balaban J connectivity index is 2.00. The molecule has 0 spiro atoms. The number of aromatic carboxylic acids is 1. The quantitative estimate of drug-likeness (QED) is 0.662. The first-order chi connectivity index (χ1) is 12.5. The Hall–Kier alpha value is -3.80. The van der Waals surface area contributed by atoms with Gasteiger partial charge in [-0.05, 0) is 53.6 Å². The molecule has 0 atom stereocenters.